The van der Waals surface area contributed by atoms with Crippen molar-refractivity contribution in [1.82, 2.24) is 29.5 Å². The first-order chi connectivity index (χ1) is 16.2. The third-order valence-electron chi connectivity index (χ3n) is 5.42. The Morgan fingerprint density at radius 3 is 2.74 bits per heavy atom. The number of H-pyrrole nitrogens is 1. The summed E-state index contributed by atoms with van der Waals surface area (Å²) in [6.45, 7) is 3.32. The summed E-state index contributed by atoms with van der Waals surface area (Å²) >= 11 is 1.58. The van der Waals surface area contributed by atoms with Gasteiger partial charge in [-0.2, -0.15) is 18.2 Å². The van der Waals surface area contributed by atoms with E-state index in [0.29, 0.717) is 29.1 Å². The Morgan fingerprint density at radius 1 is 1.18 bits per heavy atom. The van der Waals surface area contributed by atoms with E-state index >= 15 is 0 Å². The summed E-state index contributed by atoms with van der Waals surface area (Å²) in [5, 5.41) is 8.37. The smallest absolute Gasteiger partial charge is 0.337 e. The number of halogens is 3. The number of carbonyl (C=O) groups is 1. The molecule has 0 aliphatic carbocycles. The number of amides is 1. The zero-order valence-corrected chi connectivity index (χ0v) is 18.9. The monoisotopic (exact) mass is 485 g/mol. The van der Waals surface area contributed by atoms with Crippen molar-refractivity contribution in [3.63, 3.8) is 0 Å². The van der Waals surface area contributed by atoms with E-state index in [1.165, 1.54) is 0 Å². The van der Waals surface area contributed by atoms with Crippen LogP contribution in [0.15, 0.2) is 35.7 Å². The molecule has 0 bridgehead atoms. The minimum Gasteiger partial charge on any atom is -0.337 e. The van der Waals surface area contributed by atoms with Gasteiger partial charge in [0, 0.05) is 23.5 Å². The number of nitrogens with one attached hydrogen (secondary N) is 2. The number of anilines is 1. The van der Waals surface area contributed by atoms with Gasteiger partial charge in [0.25, 0.3) is 11.6 Å². The van der Waals surface area contributed by atoms with Crippen LogP contribution < -0.4 is 5.32 Å². The molecule has 0 saturated heterocycles. The molecule has 4 heterocycles. The normalized spacial score (nSPS) is 12.0. The second-order valence-electron chi connectivity index (χ2n) is 7.75. The predicted octanol–water partition coefficient (Wildman–Crippen LogP) is 4.94. The number of carbonyl (C=O) groups excluding carboxylic acids is 1. The first-order valence-electron chi connectivity index (χ1n) is 10.3. The summed E-state index contributed by atoms with van der Waals surface area (Å²) in [4.78, 5) is 29.0. The molecule has 8 nitrogen and oxygen atoms in total. The van der Waals surface area contributed by atoms with Crippen molar-refractivity contribution in [2.75, 3.05) is 5.32 Å². The van der Waals surface area contributed by atoms with Crippen LogP contribution in [0.5, 0.6) is 0 Å². The molecule has 0 aliphatic heterocycles. The number of hydrogen-bond acceptors (Lipinski definition) is 6. The number of aryl methyl sites for hydroxylation is 2. The molecule has 0 unspecified atom stereocenters. The Morgan fingerprint density at radius 2 is 2.00 bits per heavy atom. The van der Waals surface area contributed by atoms with Crippen molar-refractivity contribution < 1.29 is 18.0 Å². The average molecular weight is 485 g/mol. The summed E-state index contributed by atoms with van der Waals surface area (Å²) < 4.78 is 40.0. The maximum Gasteiger partial charge on any atom is 0.453 e. The molecule has 5 aromatic rings. The molecule has 34 heavy (non-hydrogen) atoms. The molecule has 0 radical (unpaired) electrons. The third-order valence-corrected chi connectivity index (χ3v) is 6.30. The molecule has 0 aliphatic rings. The lowest BCUT2D eigenvalue weighted by Gasteiger charge is -2.10. The lowest BCUT2D eigenvalue weighted by Crippen LogP contribution is -2.14. The van der Waals surface area contributed by atoms with E-state index in [0.717, 1.165) is 26.3 Å². The van der Waals surface area contributed by atoms with Crippen molar-refractivity contribution in [3.8, 4) is 10.7 Å². The van der Waals surface area contributed by atoms with Crippen LogP contribution in [0.4, 0.5) is 18.9 Å². The van der Waals surface area contributed by atoms with Crippen LogP contribution in [0.2, 0.25) is 0 Å². The fraction of sp³-hybridized carbons (Fsp3) is 0.227. The van der Waals surface area contributed by atoms with E-state index in [-0.39, 0.29) is 18.1 Å². The summed E-state index contributed by atoms with van der Waals surface area (Å²) in [6, 6.07) is 9.35. The van der Waals surface area contributed by atoms with Crippen LogP contribution in [-0.4, -0.2) is 35.5 Å². The number of nitrogens with zero attached hydrogens (tertiary/aromatic N) is 5. The predicted molar refractivity (Wildman–Crippen MR) is 122 cm³/mol. The summed E-state index contributed by atoms with van der Waals surface area (Å²) in [5.74, 6) is -0.825. The second kappa shape index (κ2) is 8.20. The van der Waals surface area contributed by atoms with E-state index in [1.807, 2.05) is 29.6 Å². The molecule has 1 aromatic carbocycles. The summed E-state index contributed by atoms with van der Waals surface area (Å²) in [7, 11) is 0. The number of hydrogen-bond donors (Lipinski definition) is 2. The van der Waals surface area contributed by atoms with Gasteiger partial charge < -0.3 is 10.3 Å². The van der Waals surface area contributed by atoms with Gasteiger partial charge >= 0.3 is 6.18 Å². The van der Waals surface area contributed by atoms with E-state index in [1.54, 1.807) is 31.3 Å². The Hall–Kier alpha value is -3.80. The molecule has 12 heteroatoms. The van der Waals surface area contributed by atoms with Gasteiger partial charge in [0.2, 0.25) is 5.91 Å². The van der Waals surface area contributed by atoms with Crippen molar-refractivity contribution in [2.24, 2.45) is 0 Å². The molecular formula is C22H18F3N7OS. The summed E-state index contributed by atoms with van der Waals surface area (Å²) in [6.07, 6.45) is -4.24. The lowest BCUT2D eigenvalue weighted by molar-refractivity contribution is -0.144. The minimum atomic E-state index is -4.66. The van der Waals surface area contributed by atoms with Crippen molar-refractivity contribution >= 4 is 39.7 Å². The topological polar surface area (TPSA) is 101 Å². The Kier molecular flexibility index (Phi) is 5.31. The van der Waals surface area contributed by atoms with Crippen LogP contribution in [-0.2, 0) is 17.4 Å². The maximum atomic E-state index is 13.0. The zero-order chi connectivity index (χ0) is 24.0. The van der Waals surface area contributed by atoms with Gasteiger partial charge in [-0.15, -0.1) is 16.4 Å². The SMILES string of the molecule is Cc1nc2nc(C(F)(F)F)nn2c(C)c1CCC(=O)Nc1ccc2nc(-c3cccs3)[nH]c2c1. The van der Waals surface area contributed by atoms with E-state index in [9.17, 15) is 18.0 Å². The summed E-state index contributed by atoms with van der Waals surface area (Å²) in [5.41, 5.74) is 3.85. The van der Waals surface area contributed by atoms with Crippen LogP contribution in [0.25, 0.3) is 27.5 Å². The first-order valence-corrected chi connectivity index (χ1v) is 11.2. The molecule has 0 saturated carbocycles. The Balaban J connectivity index is 1.31. The minimum absolute atomic E-state index is 0.120. The second-order valence-corrected chi connectivity index (χ2v) is 8.70. The highest BCUT2D eigenvalue weighted by Crippen LogP contribution is 2.28. The number of alkyl halides is 3. The fourth-order valence-electron chi connectivity index (χ4n) is 3.77. The van der Waals surface area contributed by atoms with Gasteiger partial charge in [0.05, 0.1) is 15.9 Å². The Bertz CT molecular complexity index is 1520. The number of rotatable bonds is 5. The quantitative estimate of drug-likeness (QED) is 0.367. The number of benzene rings is 1. The molecule has 2 N–H and O–H groups in total. The molecule has 5 rings (SSSR count). The first kappa shape index (κ1) is 22.0. The molecule has 0 spiro atoms. The molecule has 0 atom stereocenters. The molecule has 0 fully saturated rings. The average Bonchev–Trinajstić information content (AvgIpc) is 3.51. The van der Waals surface area contributed by atoms with Crippen molar-refractivity contribution in [3.05, 3.63) is 58.5 Å². The number of fused-ring (bicyclic) bond motifs is 2. The van der Waals surface area contributed by atoms with Crippen molar-refractivity contribution in [1.29, 1.82) is 0 Å². The van der Waals surface area contributed by atoms with E-state index < -0.39 is 12.0 Å². The van der Waals surface area contributed by atoms with Gasteiger partial charge in [-0.05, 0) is 55.5 Å². The number of aromatic amines is 1. The Labute approximate surface area is 194 Å². The highest BCUT2D eigenvalue weighted by molar-refractivity contribution is 7.13. The van der Waals surface area contributed by atoms with E-state index in [2.05, 4.69) is 30.4 Å². The van der Waals surface area contributed by atoms with Gasteiger partial charge in [-0.25, -0.2) is 14.5 Å². The van der Waals surface area contributed by atoms with Crippen LogP contribution in [0, 0.1) is 13.8 Å². The van der Waals surface area contributed by atoms with Crippen molar-refractivity contribution in [2.45, 2.75) is 32.9 Å². The van der Waals surface area contributed by atoms with Gasteiger partial charge in [0.15, 0.2) is 0 Å². The highest BCUT2D eigenvalue weighted by atomic mass is 32.1. The number of aromatic nitrogens is 6. The standard InChI is InChI=1S/C22H18F3N7OS/c1-11-14(12(2)32-21(26-11)30-20(31-32)22(23,24)25)6-8-18(33)27-13-5-7-15-16(10-13)29-19(28-15)17-4-3-9-34-17/h3-5,7,9-10H,6,8H2,1-2H3,(H,27,33)(H,28,29). The van der Waals surface area contributed by atoms with E-state index in [4.69, 9.17) is 0 Å². The molecule has 174 valence electrons. The zero-order valence-electron chi connectivity index (χ0n) is 18.1. The van der Waals surface area contributed by atoms with Crippen LogP contribution in [0.1, 0.15) is 29.2 Å². The third kappa shape index (κ3) is 4.12. The molecule has 4 aromatic heterocycles. The molecule has 1 amide bonds. The van der Waals surface area contributed by atoms with Crippen LogP contribution in [0.3, 0.4) is 0 Å². The molecular weight excluding hydrogens is 467 g/mol. The number of thiophene rings is 1. The van der Waals surface area contributed by atoms with Gasteiger partial charge in [0.1, 0.15) is 5.82 Å². The van der Waals surface area contributed by atoms with Gasteiger partial charge in [-0.1, -0.05) is 6.07 Å². The lowest BCUT2D eigenvalue weighted by atomic mass is 10.1. The van der Waals surface area contributed by atoms with Crippen LogP contribution >= 0.6 is 11.3 Å². The maximum absolute atomic E-state index is 13.0. The van der Waals surface area contributed by atoms with Gasteiger partial charge in [-0.3, -0.25) is 4.79 Å². The largest absolute Gasteiger partial charge is 0.453 e. The highest BCUT2D eigenvalue weighted by Gasteiger charge is 2.37. The number of imidazole rings is 1. The fourth-order valence-corrected chi connectivity index (χ4v) is 4.44.